The van der Waals surface area contributed by atoms with E-state index in [4.69, 9.17) is 0 Å². The Bertz CT molecular complexity index is 966. The fraction of sp³-hybridized carbons (Fsp3) is 0.417. The zero-order valence-electron chi connectivity index (χ0n) is 17.3. The Hall–Kier alpha value is -2.21. The third-order valence-corrected chi connectivity index (χ3v) is 6.24. The molecule has 1 aliphatic heterocycles. The van der Waals surface area contributed by atoms with E-state index in [-0.39, 0.29) is 12.4 Å². The van der Waals surface area contributed by atoms with Crippen LogP contribution >= 0.6 is 0 Å². The van der Waals surface area contributed by atoms with E-state index in [2.05, 4.69) is 46.8 Å². The van der Waals surface area contributed by atoms with Crippen LogP contribution in [0.4, 0.5) is 4.39 Å². The lowest BCUT2D eigenvalue weighted by molar-refractivity contribution is 0.0494. The minimum absolute atomic E-state index is 0.184. The average molecular weight is 396 g/mol. The molecule has 2 aromatic carbocycles. The quantitative estimate of drug-likeness (QED) is 0.663. The van der Waals surface area contributed by atoms with Gasteiger partial charge in [0, 0.05) is 62.0 Å². The van der Waals surface area contributed by atoms with Crippen LogP contribution in [-0.4, -0.2) is 52.2 Å². The van der Waals surface area contributed by atoms with Crippen molar-refractivity contribution in [3.8, 4) is 0 Å². The molecule has 1 atom stereocenters. The number of para-hydroxylation sites is 1. The number of rotatable bonds is 6. The zero-order valence-corrected chi connectivity index (χ0v) is 17.3. The van der Waals surface area contributed by atoms with Crippen LogP contribution < -0.4 is 0 Å². The number of aliphatic hydroxyl groups excluding tert-OH is 1. The molecule has 5 heteroatoms. The fourth-order valence-corrected chi connectivity index (χ4v) is 4.49. The SMILES string of the molecule is Cc1c(CN2CCN(Cc3ccc(F)cc3)[C@H](CCO)C2)[nH]c2c(C)cccc12. The Kier molecular flexibility index (Phi) is 5.99. The summed E-state index contributed by atoms with van der Waals surface area (Å²) < 4.78 is 13.2. The molecule has 0 radical (unpaired) electrons. The van der Waals surface area contributed by atoms with Crippen LogP contribution in [0, 0.1) is 19.7 Å². The van der Waals surface area contributed by atoms with E-state index in [1.54, 1.807) is 0 Å². The molecule has 4 rings (SSSR count). The highest BCUT2D eigenvalue weighted by molar-refractivity contribution is 5.86. The normalized spacial score (nSPS) is 18.6. The molecule has 1 aliphatic rings. The smallest absolute Gasteiger partial charge is 0.123 e. The number of aryl methyl sites for hydroxylation is 2. The number of nitrogens with one attached hydrogen (secondary N) is 1. The second-order valence-electron chi connectivity index (χ2n) is 8.22. The lowest BCUT2D eigenvalue weighted by Crippen LogP contribution is -2.52. The van der Waals surface area contributed by atoms with Gasteiger partial charge in [0.15, 0.2) is 0 Å². The number of aromatic nitrogens is 1. The molecule has 1 aromatic heterocycles. The molecule has 29 heavy (non-hydrogen) atoms. The van der Waals surface area contributed by atoms with Crippen molar-refractivity contribution < 1.29 is 9.50 Å². The lowest BCUT2D eigenvalue weighted by Gasteiger charge is -2.41. The second kappa shape index (κ2) is 8.66. The number of aliphatic hydroxyl groups is 1. The van der Waals surface area contributed by atoms with Gasteiger partial charge in [-0.05, 0) is 49.1 Å². The minimum atomic E-state index is -0.200. The molecule has 0 amide bonds. The molecule has 4 nitrogen and oxygen atoms in total. The summed E-state index contributed by atoms with van der Waals surface area (Å²) in [6, 6.07) is 13.5. The van der Waals surface area contributed by atoms with Crippen LogP contribution in [-0.2, 0) is 13.1 Å². The summed E-state index contributed by atoms with van der Waals surface area (Å²) in [7, 11) is 0. The number of hydrogen-bond donors (Lipinski definition) is 2. The van der Waals surface area contributed by atoms with Crippen molar-refractivity contribution in [2.45, 2.75) is 39.4 Å². The van der Waals surface area contributed by atoms with Crippen molar-refractivity contribution in [3.63, 3.8) is 0 Å². The van der Waals surface area contributed by atoms with Crippen LogP contribution in [0.25, 0.3) is 10.9 Å². The Morgan fingerprint density at radius 3 is 2.59 bits per heavy atom. The topological polar surface area (TPSA) is 42.5 Å². The Morgan fingerprint density at radius 1 is 1.07 bits per heavy atom. The molecule has 0 unspecified atom stereocenters. The molecule has 0 saturated carbocycles. The molecule has 2 heterocycles. The molecule has 1 fully saturated rings. The van der Waals surface area contributed by atoms with E-state index in [1.165, 1.54) is 39.9 Å². The minimum Gasteiger partial charge on any atom is -0.396 e. The number of hydrogen-bond acceptors (Lipinski definition) is 3. The summed E-state index contributed by atoms with van der Waals surface area (Å²) in [6.07, 6.45) is 0.752. The van der Waals surface area contributed by atoms with Crippen molar-refractivity contribution in [2.24, 2.45) is 0 Å². The summed E-state index contributed by atoms with van der Waals surface area (Å²) in [5, 5.41) is 10.9. The predicted octanol–water partition coefficient (Wildman–Crippen LogP) is 3.99. The third-order valence-electron chi connectivity index (χ3n) is 6.24. The van der Waals surface area contributed by atoms with Gasteiger partial charge in [0.05, 0.1) is 0 Å². The Balaban J connectivity index is 1.46. The first-order valence-corrected chi connectivity index (χ1v) is 10.4. The summed E-state index contributed by atoms with van der Waals surface area (Å²) in [5.74, 6) is -0.200. The number of piperazine rings is 1. The number of fused-ring (bicyclic) bond motifs is 1. The molecule has 0 aliphatic carbocycles. The van der Waals surface area contributed by atoms with Crippen molar-refractivity contribution in [1.82, 2.24) is 14.8 Å². The highest BCUT2D eigenvalue weighted by Gasteiger charge is 2.27. The van der Waals surface area contributed by atoms with Gasteiger partial charge in [-0.15, -0.1) is 0 Å². The molecule has 0 bridgehead atoms. The van der Waals surface area contributed by atoms with Gasteiger partial charge in [-0.2, -0.15) is 0 Å². The van der Waals surface area contributed by atoms with Crippen molar-refractivity contribution in [3.05, 3.63) is 70.7 Å². The van der Waals surface area contributed by atoms with Gasteiger partial charge in [0.2, 0.25) is 0 Å². The molecule has 3 aromatic rings. The van der Waals surface area contributed by atoms with Gasteiger partial charge in [0.25, 0.3) is 0 Å². The maximum atomic E-state index is 13.2. The number of benzene rings is 2. The van der Waals surface area contributed by atoms with Gasteiger partial charge < -0.3 is 10.1 Å². The van der Waals surface area contributed by atoms with E-state index in [0.717, 1.165) is 44.7 Å². The maximum Gasteiger partial charge on any atom is 0.123 e. The summed E-state index contributed by atoms with van der Waals surface area (Å²) in [6.45, 7) is 9.07. The first kappa shape index (κ1) is 20.1. The number of nitrogens with zero attached hydrogens (tertiary/aromatic N) is 2. The summed E-state index contributed by atoms with van der Waals surface area (Å²) >= 11 is 0. The second-order valence-corrected chi connectivity index (χ2v) is 8.22. The molecule has 2 N–H and O–H groups in total. The van der Waals surface area contributed by atoms with Gasteiger partial charge >= 0.3 is 0 Å². The van der Waals surface area contributed by atoms with Gasteiger partial charge in [-0.3, -0.25) is 9.80 Å². The monoisotopic (exact) mass is 395 g/mol. The van der Waals surface area contributed by atoms with Gasteiger partial charge in [-0.25, -0.2) is 4.39 Å². The van der Waals surface area contributed by atoms with Crippen LogP contribution in [0.1, 0.15) is 28.8 Å². The molecule has 1 saturated heterocycles. The first-order chi connectivity index (χ1) is 14.0. The Labute approximate surface area is 172 Å². The van der Waals surface area contributed by atoms with Crippen molar-refractivity contribution in [2.75, 3.05) is 26.2 Å². The maximum absolute atomic E-state index is 13.2. The number of aromatic amines is 1. The zero-order chi connectivity index (χ0) is 20.4. The van der Waals surface area contributed by atoms with Crippen LogP contribution in [0.2, 0.25) is 0 Å². The van der Waals surface area contributed by atoms with Crippen LogP contribution in [0.15, 0.2) is 42.5 Å². The van der Waals surface area contributed by atoms with E-state index < -0.39 is 0 Å². The molecular weight excluding hydrogens is 365 g/mol. The highest BCUT2D eigenvalue weighted by atomic mass is 19.1. The number of halogens is 1. The predicted molar refractivity (Wildman–Crippen MR) is 115 cm³/mol. The standard InChI is InChI=1S/C24H30FN3O/c1-17-4-3-5-22-18(2)23(26-24(17)22)16-27-11-12-28(21(15-27)10-13-29)14-19-6-8-20(25)9-7-19/h3-9,21,26,29H,10-16H2,1-2H3/t21-/m1/s1. The fourth-order valence-electron chi connectivity index (χ4n) is 4.49. The van der Waals surface area contributed by atoms with Crippen LogP contribution in [0.3, 0.4) is 0 Å². The molecular formula is C24H30FN3O. The molecule has 154 valence electrons. The average Bonchev–Trinajstić information content (AvgIpc) is 3.03. The lowest BCUT2D eigenvalue weighted by atomic mass is 10.1. The first-order valence-electron chi connectivity index (χ1n) is 10.4. The van der Waals surface area contributed by atoms with Crippen molar-refractivity contribution >= 4 is 10.9 Å². The highest BCUT2D eigenvalue weighted by Crippen LogP contribution is 2.26. The largest absolute Gasteiger partial charge is 0.396 e. The van der Waals surface area contributed by atoms with Gasteiger partial charge in [-0.1, -0.05) is 30.3 Å². The Morgan fingerprint density at radius 2 is 1.86 bits per heavy atom. The van der Waals surface area contributed by atoms with Crippen molar-refractivity contribution in [1.29, 1.82) is 0 Å². The van der Waals surface area contributed by atoms with E-state index >= 15 is 0 Å². The summed E-state index contributed by atoms with van der Waals surface area (Å²) in [4.78, 5) is 8.54. The van der Waals surface area contributed by atoms with E-state index in [0.29, 0.717) is 6.04 Å². The third kappa shape index (κ3) is 4.37. The molecule has 0 spiro atoms. The summed E-state index contributed by atoms with van der Waals surface area (Å²) in [5.41, 5.74) is 6.24. The van der Waals surface area contributed by atoms with Crippen LogP contribution in [0.5, 0.6) is 0 Å². The number of H-pyrrole nitrogens is 1. The van der Waals surface area contributed by atoms with Gasteiger partial charge in [0.1, 0.15) is 5.82 Å². The van der Waals surface area contributed by atoms with E-state index in [1.807, 2.05) is 12.1 Å². The van der Waals surface area contributed by atoms with E-state index in [9.17, 15) is 9.50 Å².